The van der Waals surface area contributed by atoms with Crippen LogP contribution in [0.25, 0.3) is 0 Å². The number of carbonyl (C=O) groups is 4. The highest BCUT2D eigenvalue weighted by atomic mass is 19.2. The summed E-state index contributed by atoms with van der Waals surface area (Å²) in [4.78, 5) is 55.2. The van der Waals surface area contributed by atoms with Gasteiger partial charge in [-0.05, 0) is 95.9 Å². The summed E-state index contributed by atoms with van der Waals surface area (Å²) in [6.45, 7) is 4.58. The van der Waals surface area contributed by atoms with Crippen LogP contribution in [0.5, 0.6) is 0 Å². The first-order valence-corrected chi connectivity index (χ1v) is 22.0. The predicted molar refractivity (Wildman–Crippen MR) is 214 cm³/mol. The molecule has 4 heterocycles. The van der Waals surface area contributed by atoms with Gasteiger partial charge in [-0.1, -0.05) is 0 Å². The van der Waals surface area contributed by atoms with Crippen LogP contribution in [0.1, 0.15) is 96.6 Å². The van der Waals surface area contributed by atoms with E-state index in [-0.39, 0.29) is 62.5 Å². The fourth-order valence-corrected chi connectivity index (χ4v) is 9.44. The maximum absolute atomic E-state index is 14.6. The quantitative estimate of drug-likeness (QED) is 0.0626. The summed E-state index contributed by atoms with van der Waals surface area (Å²) in [6, 6.07) is 0. The zero-order chi connectivity index (χ0) is 50.1. The fourth-order valence-electron chi connectivity index (χ4n) is 9.44. The number of rotatable bonds is 8. The number of ether oxygens (including phenoxy) is 6. The molecule has 0 aromatic heterocycles. The average molecular weight is 987 g/mol. The lowest BCUT2D eigenvalue weighted by atomic mass is 9.74. The molecule has 12 nitrogen and oxygen atoms in total. The van der Waals surface area contributed by atoms with E-state index >= 15 is 0 Å². The van der Waals surface area contributed by atoms with Crippen molar-refractivity contribution in [2.24, 2.45) is 11.8 Å². The number of nitrogens with zero attached hydrogens (tertiary/aromatic N) is 2. The van der Waals surface area contributed by atoms with Gasteiger partial charge in [-0.15, -0.1) is 0 Å². The summed E-state index contributed by atoms with van der Waals surface area (Å²) >= 11 is 0. The van der Waals surface area contributed by atoms with Gasteiger partial charge in [0.25, 0.3) is 11.6 Å². The molecule has 2 spiro atoms. The molecule has 2 aromatic carbocycles. The van der Waals surface area contributed by atoms with Gasteiger partial charge < -0.3 is 38.2 Å². The molecule has 2 aliphatic carbocycles. The molecule has 2 aromatic rings. The van der Waals surface area contributed by atoms with Crippen molar-refractivity contribution < 1.29 is 91.5 Å². The third kappa shape index (κ3) is 9.10. The molecule has 372 valence electrons. The van der Waals surface area contributed by atoms with E-state index in [0.29, 0.717) is 32.1 Å². The van der Waals surface area contributed by atoms with Crippen LogP contribution >= 0.6 is 0 Å². The van der Waals surface area contributed by atoms with Crippen LogP contribution < -0.4 is 0 Å². The lowest BCUT2D eigenvalue weighted by Crippen LogP contribution is -2.49. The minimum Gasteiger partial charge on any atom is -0.477 e. The highest BCUT2D eigenvalue weighted by Gasteiger charge is 2.51. The lowest BCUT2D eigenvalue weighted by molar-refractivity contribution is -0.248. The molecular formula is C47H44F10N2O10. The van der Waals surface area contributed by atoms with Crippen LogP contribution in [0.4, 0.5) is 43.9 Å². The molecule has 6 aliphatic rings. The van der Waals surface area contributed by atoms with Crippen molar-refractivity contribution in [1.82, 2.24) is 9.80 Å². The summed E-state index contributed by atoms with van der Waals surface area (Å²) < 4.78 is 175. The van der Waals surface area contributed by atoms with E-state index in [1.165, 1.54) is 9.80 Å². The van der Waals surface area contributed by atoms with Gasteiger partial charge in [-0.2, -0.15) is 0 Å². The van der Waals surface area contributed by atoms with Crippen molar-refractivity contribution in [3.8, 4) is 0 Å². The number of hydrogen-bond acceptors (Lipinski definition) is 12. The maximum atomic E-state index is 14.6. The van der Waals surface area contributed by atoms with Crippen LogP contribution in [-0.4, -0.2) is 69.5 Å². The average Bonchev–Trinajstić information content (AvgIpc) is 3.75. The second kappa shape index (κ2) is 17.9. The Morgan fingerprint density at radius 2 is 0.725 bits per heavy atom. The van der Waals surface area contributed by atoms with Crippen molar-refractivity contribution in [3.63, 3.8) is 0 Å². The van der Waals surface area contributed by atoms with Gasteiger partial charge in [0.05, 0.1) is 24.2 Å². The number of esters is 4. The van der Waals surface area contributed by atoms with Gasteiger partial charge in [0.15, 0.2) is 58.3 Å². The van der Waals surface area contributed by atoms with E-state index in [1.807, 2.05) is 0 Å². The number of halogens is 10. The molecule has 6 fully saturated rings. The van der Waals surface area contributed by atoms with Crippen LogP contribution in [0.2, 0.25) is 0 Å². The van der Waals surface area contributed by atoms with Crippen LogP contribution in [-0.2, 0) is 60.7 Å². The van der Waals surface area contributed by atoms with E-state index in [9.17, 15) is 63.1 Å². The Morgan fingerprint density at radius 3 is 1.01 bits per heavy atom. The predicted octanol–water partition coefficient (Wildman–Crippen LogP) is 8.90. The molecule has 22 heteroatoms. The summed E-state index contributed by atoms with van der Waals surface area (Å²) in [5.74, 6) is -28.2. The lowest BCUT2D eigenvalue weighted by Gasteiger charge is -2.43. The summed E-state index contributed by atoms with van der Waals surface area (Å²) in [7, 11) is 0. The van der Waals surface area contributed by atoms with Crippen molar-refractivity contribution in [2.75, 3.05) is 13.2 Å². The summed E-state index contributed by atoms with van der Waals surface area (Å²) in [6.07, 6.45) is 7.81. The third-order valence-electron chi connectivity index (χ3n) is 13.6. The zero-order valence-electron chi connectivity index (χ0n) is 37.4. The normalized spacial score (nSPS) is 27.7. The fraction of sp³-hybridized carbons (Fsp3) is 0.489. The first kappa shape index (κ1) is 49.2. The van der Waals surface area contributed by atoms with E-state index in [4.69, 9.17) is 28.4 Å². The monoisotopic (exact) mass is 986 g/mol. The smallest absolute Gasteiger partial charge is 0.348 e. The Bertz CT molecular complexity index is 2370. The highest BCUT2D eigenvalue weighted by molar-refractivity contribution is 6.16. The molecule has 8 rings (SSSR count). The Morgan fingerprint density at radius 1 is 0.449 bits per heavy atom. The van der Waals surface area contributed by atoms with Gasteiger partial charge in [0, 0.05) is 36.8 Å². The first-order valence-electron chi connectivity index (χ1n) is 22.0. The molecule has 2 saturated carbocycles. The highest BCUT2D eigenvalue weighted by Crippen LogP contribution is 2.46. The maximum Gasteiger partial charge on any atom is 0.348 e. The Kier molecular flexibility index (Phi) is 12.8. The van der Waals surface area contributed by atoms with Crippen LogP contribution in [0.3, 0.4) is 0 Å². The number of hydrogen-bond donors (Lipinski definition) is 0. The van der Waals surface area contributed by atoms with Gasteiger partial charge in [-0.3, -0.25) is 0 Å². The van der Waals surface area contributed by atoms with Gasteiger partial charge in [-0.25, -0.2) is 63.1 Å². The van der Waals surface area contributed by atoms with E-state index < -0.39 is 140 Å². The molecule has 4 aliphatic heterocycles. The molecule has 69 heavy (non-hydrogen) atoms. The molecule has 4 saturated heterocycles. The van der Waals surface area contributed by atoms with Crippen LogP contribution in [0, 0.1) is 70.0 Å². The second-order valence-corrected chi connectivity index (χ2v) is 19.1. The Labute approximate surface area is 387 Å². The molecule has 0 unspecified atom stereocenters. The largest absolute Gasteiger partial charge is 0.477 e. The standard InChI is InChI=1S/C47H44F10N2O10/c1-44(2)20-64-28(58(44)18-26-30(48)34(52)38(56)35(53)31(26)49)7-5-24-40(60)66-46(67-41(24)61)13-9-22(10-14-46)17-23-11-15-47(16-12-23)68-42(62)25(43(63)69-47)6-8-29-59(45(3,4)21-65-29)19-27-32(50)36(54)39(57)37(55)33(27)51/h5-8,22-23H,9-21H2,1-4H3/b24-5?,25-6?,28-7+,29-8+. The molecule has 0 amide bonds. The first-order chi connectivity index (χ1) is 32.4. The van der Waals surface area contributed by atoms with E-state index in [2.05, 4.69) is 0 Å². The van der Waals surface area contributed by atoms with Crippen LogP contribution in [0.15, 0.2) is 47.2 Å². The molecule has 0 N–H and O–H groups in total. The van der Waals surface area contributed by atoms with Crippen molar-refractivity contribution in [3.05, 3.63) is 117 Å². The summed E-state index contributed by atoms with van der Waals surface area (Å²) in [5.41, 5.74) is -5.30. The molecule has 0 atom stereocenters. The van der Waals surface area contributed by atoms with Crippen molar-refractivity contribution in [1.29, 1.82) is 0 Å². The number of carbonyl (C=O) groups excluding carboxylic acids is 4. The SMILES string of the molecule is CC1(C)CO/C(=C/C=C2C(=O)OC3(CCC(CC4CCC5(CC4)OC(=O)C(=C/C=C4/OCC(C)(C)N4Cc4c(F)c(F)c(F)c(F)c4F)C(=O)O5)CC3)OC2=O)N1Cc1c(F)c(F)c(F)c(F)c1F. The van der Waals surface area contributed by atoms with E-state index in [0.717, 1.165) is 24.3 Å². The third-order valence-corrected chi connectivity index (χ3v) is 13.6. The minimum atomic E-state index is -2.30. The molecule has 0 radical (unpaired) electrons. The second-order valence-electron chi connectivity index (χ2n) is 19.1. The Balaban J connectivity index is 0.838. The topological polar surface area (TPSA) is 130 Å². The van der Waals surface area contributed by atoms with Gasteiger partial charge in [0.2, 0.25) is 11.6 Å². The van der Waals surface area contributed by atoms with Crippen molar-refractivity contribution in [2.45, 2.75) is 121 Å². The zero-order valence-corrected chi connectivity index (χ0v) is 37.4. The minimum absolute atomic E-state index is 0.0775. The molecular weight excluding hydrogens is 943 g/mol. The molecule has 0 bridgehead atoms. The van der Waals surface area contributed by atoms with Crippen molar-refractivity contribution >= 4 is 23.9 Å². The van der Waals surface area contributed by atoms with E-state index in [1.54, 1.807) is 27.7 Å². The van der Waals surface area contributed by atoms with Gasteiger partial charge >= 0.3 is 23.9 Å². The number of allylic oxidation sites excluding steroid dienone is 4. The number of benzene rings is 2. The van der Waals surface area contributed by atoms with Gasteiger partial charge in [0.1, 0.15) is 24.4 Å². The summed E-state index contributed by atoms with van der Waals surface area (Å²) in [5, 5.41) is 0. The Hall–Kier alpha value is -6.22.